The van der Waals surface area contributed by atoms with Crippen LogP contribution >= 0.6 is 11.6 Å². The fourth-order valence-corrected chi connectivity index (χ4v) is 1.75. The zero-order valence-electron chi connectivity index (χ0n) is 9.76. The highest BCUT2D eigenvalue weighted by Gasteiger charge is 2.08. The summed E-state index contributed by atoms with van der Waals surface area (Å²) >= 11 is 5.68. The van der Waals surface area contributed by atoms with Gasteiger partial charge in [-0.3, -0.25) is 4.90 Å². The lowest BCUT2D eigenvalue weighted by Crippen LogP contribution is -2.29. The summed E-state index contributed by atoms with van der Waals surface area (Å²) in [5.41, 5.74) is 0.727. The fourth-order valence-electron chi connectivity index (χ4n) is 1.51. The Bertz CT molecular complexity index is 349. The molecule has 1 aromatic carbocycles. The summed E-state index contributed by atoms with van der Waals surface area (Å²) in [6.07, 6.45) is 0. The minimum atomic E-state index is -0.825. The molecule has 17 heavy (non-hydrogen) atoms. The number of benzene rings is 1. The van der Waals surface area contributed by atoms with Gasteiger partial charge in [0.1, 0.15) is 0 Å². The van der Waals surface area contributed by atoms with Crippen LogP contribution in [0, 0.1) is 11.6 Å². The van der Waals surface area contributed by atoms with Crippen molar-refractivity contribution in [3.8, 4) is 0 Å². The Morgan fingerprint density at radius 1 is 1.24 bits per heavy atom. The third-order valence-corrected chi connectivity index (χ3v) is 2.57. The molecule has 0 atom stereocenters. The highest BCUT2D eigenvalue weighted by atomic mass is 35.5. The Kier molecular flexibility index (Phi) is 6.40. The molecule has 0 aliphatic heterocycles. The number of rotatable bonds is 7. The molecule has 1 aromatic rings. The van der Waals surface area contributed by atoms with E-state index in [4.69, 9.17) is 16.3 Å². The van der Waals surface area contributed by atoms with Gasteiger partial charge in [0.15, 0.2) is 11.6 Å². The second-order valence-electron chi connectivity index (χ2n) is 3.71. The lowest BCUT2D eigenvalue weighted by Gasteiger charge is -2.20. The van der Waals surface area contributed by atoms with Crippen LogP contribution in [-0.4, -0.2) is 37.6 Å². The van der Waals surface area contributed by atoms with Crippen LogP contribution < -0.4 is 0 Å². The van der Waals surface area contributed by atoms with Gasteiger partial charge in [-0.15, -0.1) is 11.6 Å². The van der Waals surface area contributed by atoms with E-state index < -0.39 is 11.6 Å². The van der Waals surface area contributed by atoms with Gasteiger partial charge >= 0.3 is 0 Å². The van der Waals surface area contributed by atoms with E-state index in [1.807, 2.05) is 4.90 Å². The first-order chi connectivity index (χ1) is 8.17. The molecule has 0 heterocycles. The van der Waals surface area contributed by atoms with Crippen LogP contribution in [0.5, 0.6) is 0 Å². The van der Waals surface area contributed by atoms with E-state index in [-0.39, 0.29) is 0 Å². The molecule has 0 spiro atoms. The molecule has 0 aromatic heterocycles. The Morgan fingerprint density at radius 2 is 2.00 bits per heavy atom. The maximum atomic E-state index is 13.0. The van der Waals surface area contributed by atoms with E-state index in [1.54, 1.807) is 13.2 Å². The number of hydrogen-bond acceptors (Lipinski definition) is 2. The van der Waals surface area contributed by atoms with Crippen LogP contribution in [0.1, 0.15) is 5.56 Å². The number of alkyl halides is 1. The van der Waals surface area contributed by atoms with Crippen molar-refractivity contribution in [3.63, 3.8) is 0 Å². The molecule has 96 valence electrons. The summed E-state index contributed by atoms with van der Waals surface area (Å²) in [5, 5.41) is 0. The van der Waals surface area contributed by atoms with Crippen LogP contribution in [0.4, 0.5) is 8.78 Å². The smallest absolute Gasteiger partial charge is 0.159 e. The van der Waals surface area contributed by atoms with Gasteiger partial charge in [-0.2, -0.15) is 0 Å². The third-order valence-electron chi connectivity index (χ3n) is 2.40. The molecular formula is C12H16ClF2NO. The van der Waals surface area contributed by atoms with E-state index in [1.165, 1.54) is 6.07 Å². The molecule has 0 unspecified atom stereocenters. The first kappa shape index (κ1) is 14.4. The number of hydrogen-bond donors (Lipinski definition) is 0. The molecule has 0 saturated carbocycles. The monoisotopic (exact) mass is 263 g/mol. The lowest BCUT2D eigenvalue weighted by molar-refractivity contribution is 0.148. The van der Waals surface area contributed by atoms with Crippen molar-refractivity contribution in [2.45, 2.75) is 6.54 Å². The summed E-state index contributed by atoms with van der Waals surface area (Å²) in [6, 6.07) is 3.93. The molecule has 0 saturated heterocycles. The predicted molar refractivity (Wildman–Crippen MR) is 64.2 cm³/mol. The van der Waals surface area contributed by atoms with E-state index in [0.717, 1.165) is 11.6 Å². The van der Waals surface area contributed by atoms with Crippen LogP contribution in [0.15, 0.2) is 18.2 Å². The molecule has 0 amide bonds. The second kappa shape index (κ2) is 7.58. The van der Waals surface area contributed by atoms with Crippen molar-refractivity contribution in [3.05, 3.63) is 35.4 Å². The van der Waals surface area contributed by atoms with Crippen molar-refractivity contribution in [1.82, 2.24) is 4.90 Å². The molecule has 0 bridgehead atoms. The largest absolute Gasteiger partial charge is 0.383 e. The average molecular weight is 264 g/mol. The molecule has 0 aliphatic rings. The molecule has 0 aliphatic carbocycles. The topological polar surface area (TPSA) is 12.5 Å². The molecule has 0 fully saturated rings. The van der Waals surface area contributed by atoms with Gasteiger partial charge in [0.2, 0.25) is 0 Å². The summed E-state index contributed by atoms with van der Waals surface area (Å²) < 4.78 is 30.8. The van der Waals surface area contributed by atoms with Gasteiger partial charge in [0, 0.05) is 32.6 Å². The van der Waals surface area contributed by atoms with Gasteiger partial charge in [0.05, 0.1) is 6.61 Å². The van der Waals surface area contributed by atoms with Crippen molar-refractivity contribution >= 4 is 11.6 Å². The van der Waals surface area contributed by atoms with E-state index >= 15 is 0 Å². The summed E-state index contributed by atoms with van der Waals surface area (Å²) in [7, 11) is 1.62. The zero-order valence-corrected chi connectivity index (χ0v) is 10.5. The second-order valence-corrected chi connectivity index (χ2v) is 4.08. The Morgan fingerprint density at radius 3 is 2.59 bits per heavy atom. The van der Waals surface area contributed by atoms with Gasteiger partial charge in [-0.1, -0.05) is 6.07 Å². The van der Waals surface area contributed by atoms with Crippen LogP contribution in [0.3, 0.4) is 0 Å². The minimum Gasteiger partial charge on any atom is -0.383 e. The van der Waals surface area contributed by atoms with Crippen LogP contribution in [-0.2, 0) is 11.3 Å². The van der Waals surface area contributed by atoms with E-state index in [2.05, 4.69) is 0 Å². The first-order valence-electron chi connectivity index (χ1n) is 5.38. The third kappa shape index (κ3) is 4.98. The SMILES string of the molecule is COCCN(CCCl)Cc1ccc(F)c(F)c1. The van der Waals surface area contributed by atoms with E-state index in [9.17, 15) is 8.78 Å². The number of ether oxygens (including phenoxy) is 1. The molecule has 5 heteroatoms. The average Bonchev–Trinajstić information content (AvgIpc) is 2.31. The number of nitrogens with zero attached hydrogens (tertiary/aromatic N) is 1. The highest BCUT2D eigenvalue weighted by molar-refractivity contribution is 6.18. The first-order valence-corrected chi connectivity index (χ1v) is 5.92. The summed E-state index contributed by atoms with van der Waals surface area (Å²) in [5.74, 6) is -1.15. The Balaban J connectivity index is 2.61. The zero-order chi connectivity index (χ0) is 12.7. The van der Waals surface area contributed by atoms with Gasteiger partial charge in [-0.05, 0) is 17.7 Å². The molecule has 0 N–H and O–H groups in total. The Labute approximate surface area is 105 Å². The molecule has 1 rings (SSSR count). The molecular weight excluding hydrogens is 248 g/mol. The highest BCUT2D eigenvalue weighted by Crippen LogP contribution is 2.11. The number of methoxy groups -OCH3 is 1. The van der Waals surface area contributed by atoms with Crippen molar-refractivity contribution in [1.29, 1.82) is 0 Å². The van der Waals surface area contributed by atoms with Crippen LogP contribution in [0.2, 0.25) is 0 Å². The van der Waals surface area contributed by atoms with Crippen molar-refractivity contribution in [2.75, 3.05) is 32.7 Å². The standard InChI is InChI=1S/C12H16ClF2NO/c1-17-7-6-16(5-4-13)9-10-2-3-11(14)12(15)8-10/h2-3,8H,4-7,9H2,1H3. The van der Waals surface area contributed by atoms with E-state index in [0.29, 0.717) is 32.1 Å². The van der Waals surface area contributed by atoms with Gasteiger partial charge in [-0.25, -0.2) is 8.78 Å². The quantitative estimate of drug-likeness (QED) is 0.702. The van der Waals surface area contributed by atoms with Crippen LogP contribution in [0.25, 0.3) is 0 Å². The lowest BCUT2D eigenvalue weighted by atomic mass is 10.2. The fraction of sp³-hybridized carbons (Fsp3) is 0.500. The Hall–Kier alpha value is -0.710. The predicted octanol–water partition coefficient (Wildman–Crippen LogP) is 2.65. The van der Waals surface area contributed by atoms with Crippen molar-refractivity contribution in [2.24, 2.45) is 0 Å². The minimum absolute atomic E-state index is 0.493. The number of halogens is 3. The van der Waals surface area contributed by atoms with Gasteiger partial charge < -0.3 is 4.74 Å². The molecule has 0 radical (unpaired) electrons. The summed E-state index contributed by atoms with van der Waals surface area (Å²) in [6.45, 7) is 2.51. The normalized spacial score (nSPS) is 11.1. The maximum Gasteiger partial charge on any atom is 0.159 e. The van der Waals surface area contributed by atoms with Crippen molar-refractivity contribution < 1.29 is 13.5 Å². The maximum absolute atomic E-state index is 13.0. The van der Waals surface area contributed by atoms with Gasteiger partial charge in [0.25, 0.3) is 0 Å². The summed E-state index contributed by atoms with van der Waals surface area (Å²) in [4.78, 5) is 2.03. The molecule has 2 nitrogen and oxygen atoms in total.